The predicted octanol–water partition coefficient (Wildman–Crippen LogP) is 1.43. The van der Waals surface area contributed by atoms with Crippen molar-refractivity contribution in [2.75, 3.05) is 0 Å². The second-order valence-electron chi connectivity index (χ2n) is 2.58. The van der Waals surface area contributed by atoms with Gasteiger partial charge in [0.25, 0.3) is 0 Å². The van der Waals surface area contributed by atoms with Crippen LogP contribution in [0.1, 0.15) is 0 Å². The van der Waals surface area contributed by atoms with Crippen molar-refractivity contribution in [3.8, 4) is 0 Å². The number of pyridine rings is 1. The van der Waals surface area contributed by atoms with E-state index in [0.717, 1.165) is 5.39 Å². The summed E-state index contributed by atoms with van der Waals surface area (Å²) in [6.07, 6.45) is 1.61. The summed E-state index contributed by atoms with van der Waals surface area (Å²) in [6.45, 7) is 0. The van der Waals surface area contributed by atoms with Crippen LogP contribution in [0.5, 0.6) is 0 Å². The number of fused-ring (bicyclic) bond motifs is 1. The smallest absolute Gasteiger partial charge is 0.188 e. The average Bonchev–Trinajstić information content (AvgIpc) is 2.17. The molecule has 5 heteroatoms. The molecule has 0 aliphatic rings. The van der Waals surface area contributed by atoms with E-state index in [-0.39, 0.29) is 29.6 Å². The summed E-state index contributed by atoms with van der Waals surface area (Å²) in [5, 5.41) is 0.877. The van der Waals surface area contributed by atoms with Gasteiger partial charge in [-0.1, -0.05) is 18.2 Å². The molecule has 1 atom stereocenters. The van der Waals surface area contributed by atoms with Crippen molar-refractivity contribution >= 4 is 51.5 Å². The molecule has 1 unspecified atom stereocenters. The van der Waals surface area contributed by atoms with Gasteiger partial charge in [0.15, 0.2) is 11.1 Å². The van der Waals surface area contributed by atoms with Crippen LogP contribution in [0.25, 0.3) is 10.9 Å². The standard InChI is InChI=1S/C9H7NO2S.Na/c11-13(12)8-5-1-3-7-4-2-6-10-9(7)8;/h1-6H,(H,11,12);. The zero-order valence-corrected chi connectivity index (χ0v) is 10.5. The number of para-hydroxylation sites is 1. The molecule has 67 valence electrons. The van der Waals surface area contributed by atoms with Crippen LogP contribution in [0.15, 0.2) is 41.4 Å². The first-order valence-electron chi connectivity index (χ1n) is 3.73. The largest absolute Gasteiger partial charge is 0.302 e. The number of rotatable bonds is 1. The minimum atomic E-state index is -1.97. The molecule has 2 aromatic rings. The van der Waals surface area contributed by atoms with Crippen molar-refractivity contribution in [1.82, 2.24) is 4.98 Å². The van der Waals surface area contributed by atoms with Crippen LogP contribution < -0.4 is 0 Å². The second kappa shape index (κ2) is 5.00. The third kappa shape index (κ3) is 2.21. The van der Waals surface area contributed by atoms with Gasteiger partial charge < -0.3 is 4.55 Å². The molecule has 0 fully saturated rings. The molecule has 14 heavy (non-hydrogen) atoms. The van der Waals surface area contributed by atoms with Gasteiger partial charge in [-0.2, -0.15) is 0 Å². The first-order chi connectivity index (χ1) is 6.29. The van der Waals surface area contributed by atoms with E-state index in [1.54, 1.807) is 24.4 Å². The number of hydrogen-bond acceptors (Lipinski definition) is 2. The van der Waals surface area contributed by atoms with Gasteiger partial charge in [0.1, 0.15) is 0 Å². The maximum atomic E-state index is 10.9. The first kappa shape index (κ1) is 11.8. The Balaban J connectivity index is 0.000000980. The molecule has 0 aliphatic carbocycles. The van der Waals surface area contributed by atoms with Gasteiger partial charge in [0.05, 0.1) is 10.4 Å². The summed E-state index contributed by atoms with van der Waals surface area (Å²) < 4.78 is 19.8. The molecular formula is C9H7NNaO2S. The molecular weight excluding hydrogens is 209 g/mol. The monoisotopic (exact) mass is 216 g/mol. The van der Waals surface area contributed by atoms with E-state index in [9.17, 15) is 4.21 Å². The zero-order chi connectivity index (χ0) is 9.26. The molecule has 1 radical (unpaired) electrons. The van der Waals surface area contributed by atoms with Crippen molar-refractivity contribution in [3.05, 3.63) is 36.5 Å². The minimum Gasteiger partial charge on any atom is -0.302 e. The summed E-state index contributed by atoms with van der Waals surface area (Å²) in [4.78, 5) is 4.41. The molecule has 1 aromatic heterocycles. The molecule has 0 aliphatic heterocycles. The average molecular weight is 216 g/mol. The summed E-state index contributed by atoms with van der Waals surface area (Å²) >= 11 is -1.97. The second-order valence-corrected chi connectivity index (χ2v) is 3.52. The van der Waals surface area contributed by atoms with E-state index in [4.69, 9.17) is 4.55 Å². The molecule has 1 N–H and O–H groups in total. The van der Waals surface area contributed by atoms with Gasteiger partial charge in [-0.3, -0.25) is 4.98 Å². The van der Waals surface area contributed by atoms with Gasteiger partial charge in [0.2, 0.25) is 0 Å². The number of aromatic nitrogens is 1. The minimum absolute atomic E-state index is 0. The maximum Gasteiger partial charge on any atom is 0.188 e. The van der Waals surface area contributed by atoms with E-state index < -0.39 is 11.1 Å². The van der Waals surface area contributed by atoms with Crippen LogP contribution >= 0.6 is 0 Å². The van der Waals surface area contributed by atoms with Crippen molar-refractivity contribution in [2.45, 2.75) is 4.90 Å². The third-order valence-corrected chi connectivity index (χ3v) is 2.49. The number of nitrogens with zero attached hydrogens (tertiary/aromatic N) is 1. The van der Waals surface area contributed by atoms with Crippen LogP contribution in [-0.4, -0.2) is 43.3 Å². The van der Waals surface area contributed by atoms with Crippen LogP contribution in [0, 0.1) is 0 Å². The molecule has 1 aromatic carbocycles. The molecule has 2 rings (SSSR count). The van der Waals surface area contributed by atoms with Crippen molar-refractivity contribution < 1.29 is 8.76 Å². The van der Waals surface area contributed by atoms with Crippen molar-refractivity contribution in [2.24, 2.45) is 0 Å². The molecule has 3 nitrogen and oxygen atoms in total. The Hall–Kier alpha value is -0.260. The van der Waals surface area contributed by atoms with Crippen molar-refractivity contribution in [1.29, 1.82) is 0 Å². The van der Waals surface area contributed by atoms with Crippen LogP contribution in [-0.2, 0) is 11.1 Å². The summed E-state index contributed by atoms with van der Waals surface area (Å²) in [6, 6.07) is 8.86. The van der Waals surface area contributed by atoms with Crippen LogP contribution in [0.4, 0.5) is 0 Å². The fourth-order valence-corrected chi connectivity index (χ4v) is 1.75. The summed E-state index contributed by atoms with van der Waals surface area (Å²) in [5.74, 6) is 0. The molecule has 0 bridgehead atoms. The number of benzene rings is 1. The SMILES string of the molecule is O=S(O)c1cccc2cccnc12.[Na]. The topological polar surface area (TPSA) is 50.2 Å². The molecule has 0 saturated carbocycles. The van der Waals surface area contributed by atoms with E-state index in [1.165, 1.54) is 0 Å². The van der Waals surface area contributed by atoms with Crippen molar-refractivity contribution in [3.63, 3.8) is 0 Å². The Kier molecular flexibility index (Phi) is 4.22. The Labute approximate surface area is 106 Å². The van der Waals surface area contributed by atoms with Crippen LogP contribution in [0.2, 0.25) is 0 Å². The fraction of sp³-hybridized carbons (Fsp3) is 0. The van der Waals surface area contributed by atoms with E-state index in [1.807, 2.05) is 12.1 Å². The normalized spacial score (nSPS) is 12.1. The van der Waals surface area contributed by atoms with Gasteiger partial charge in [-0.15, -0.1) is 0 Å². The van der Waals surface area contributed by atoms with Crippen LogP contribution in [0.3, 0.4) is 0 Å². The summed E-state index contributed by atoms with van der Waals surface area (Å²) in [5.41, 5.74) is 0.589. The van der Waals surface area contributed by atoms with Gasteiger partial charge in [-0.25, -0.2) is 4.21 Å². The maximum absolute atomic E-state index is 10.9. The van der Waals surface area contributed by atoms with E-state index in [0.29, 0.717) is 10.4 Å². The molecule has 0 amide bonds. The van der Waals surface area contributed by atoms with E-state index >= 15 is 0 Å². The summed E-state index contributed by atoms with van der Waals surface area (Å²) in [7, 11) is 0. The quantitative estimate of drug-likeness (QED) is 0.579. The Bertz CT molecular complexity index is 470. The molecule has 1 heterocycles. The van der Waals surface area contributed by atoms with Gasteiger partial charge >= 0.3 is 0 Å². The third-order valence-electron chi connectivity index (χ3n) is 1.78. The van der Waals surface area contributed by atoms with Gasteiger partial charge in [0, 0.05) is 41.1 Å². The number of hydrogen-bond donors (Lipinski definition) is 1. The Morgan fingerprint density at radius 2 is 1.93 bits per heavy atom. The van der Waals surface area contributed by atoms with Gasteiger partial charge in [-0.05, 0) is 12.1 Å². The van der Waals surface area contributed by atoms with E-state index in [2.05, 4.69) is 4.98 Å². The Morgan fingerprint density at radius 3 is 2.64 bits per heavy atom. The first-order valence-corrected chi connectivity index (χ1v) is 4.84. The predicted molar refractivity (Wildman–Crippen MR) is 56.5 cm³/mol. The molecule has 0 spiro atoms. The Morgan fingerprint density at radius 1 is 1.21 bits per heavy atom. The fourth-order valence-electron chi connectivity index (χ4n) is 1.22. The zero-order valence-electron chi connectivity index (χ0n) is 7.68. The molecule has 0 saturated heterocycles.